The summed E-state index contributed by atoms with van der Waals surface area (Å²) >= 11 is 0. The minimum atomic E-state index is -3.73. The van der Waals surface area contributed by atoms with Crippen molar-refractivity contribution in [1.29, 1.82) is 0 Å². The van der Waals surface area contributed by atoms with Gasteiger partial charge in [0.05, 0.1) is 22.2 Å². The number of carbonyl (C=O) groups excluding carboxylic acids is 1. The third kappa shape index (κ3) is 2.51. The van der Waals surface area contributed by atoms with Crippen molar-refractivity contribution in [1.82, 2.24) is 0 Å². The van der Waals surface area contributed by atoms with Gasteiger partial charge in [0.15, 0.2) is 0 Å². The van der Waals surface area contributed by atoms with Crippen molar-refractivity contribution < 1.29 is 13.2 Å². The number of benzene rings is 2. The van der Waals surface area contributed by atoms with Gasteiger partial charge >= 0.3 is 0 Å². The molecule has 0 spiro atoms. The van der Waals surface area contributed by atoms with E-state index in [-0.39, 0.29) is 16.7 Å². The quantitative estimate of drug-likeness (QED) is 0.899. The van der Waals surface area contributed by atoms with E-state index in [1.807, 2.05) is 43.9 Å². The fraction of sp³-hybridized carbons (Fsp3) is 0.350. The van der Waals surface area contributed by atoms with Gasteiger partial charge in [-0.2, -0.15) is 0 Å². The minimum Gasteiger partial charge on any atom is -0.311 e. The molecule has 1 N–H and O–H groups in total. The lowest BCUT2D eigenvalue weighted by atomic mass is 9.97. The first-order valence-electron chi connectivity index (χ1n) is 8.87. The SMILES string of the molecule is Cc1cccc(C)c1NS(=O)(=O)c1cc2c3c(c1)[C@H](C)C(=O)N3CCC2. The Hall–Kier alpha value is -2.34. The van der Waals surface area contributed by atoms with Gasteiger partial charge in [0.1, 0.15) is 0 Å². The van der Waals surface area contributed by atoms with Gasteiger partial charge in [-0.05, 0) is 68.0 Å². The molecule has 4 rings (SSSR count). The third-order valence-electron chi connectivity index (χ3n) is 5.42. The smallest absolute Gasteiger partial charge is 0.261 e. The summed E-state index contributed by atoms with van der Waals surface area (Å²) in [6, 6.07) is 9.07. The number of nitrogens with zero attached hydrogens (tertiary/aromatic N) is 1. The van der Waals surface area contributed by atoms with Crippen molar-refractivity contribution in [3.8, 4) is 0 Å². The Kier molecular flexibility index (Phi) is 3.84. The molecule has 5 nitrogen and oxygen atoms in total. The molecule has 0 saturated carbocycles. The zero-order valence-electron chi connectivity index (χ0n) is 15.2. The zero-order chi connectivity index (χ0) is 18.6. The fourth-order valence-electron chi connectivity index (χ4n) is 3.99. The summed E-state index contributed by atoms with van der Waals surface area (Å²) in [4.78, 5) is 14.5. The summed E-state index contributed by atoms with van der Waals surface area (Å²) in [5, 5.41) is 0. The van der Waals surface area contributed by atoms with Crippen molar-refractivity contribution in [2.75, 3.05) is 16.2 Å². The molecule has 2 heterocycles. The van der Waals surface area contributed by atoms with Crippen LogP contribution in [-0.2, 0) is 21.2 Å². The lowest BCUT2D eigenvalue weighted by Crippen LogP contribution is -2.32. The van der Waals surface area contributed by atoms with Crippen LogP contribution in [-0.4, -0.2) is 20.9 Å². The second-order valence-corrected chi connectivity index (χ2v) is 8.89. The van der Waals surface area contributed by atoms with Crippen molar-refractivity contribution in [3.05, 3.63) is 52.6 Å². The summed E-state index contributed by atoms with van der Waals surface area (Å²) < 4.78 is 28.8. The molecular formula is C20H22N2O3S. The number of hydrogen-bond acceptors (Lipinski definition) is 3. The van der Waals surface area contributed by atoms with Crippen LogP contribution in [0.5, 0.6) is 0 Å². The number of sulfonamides is 1. The molecule has 2 aromatic rings. The van der Waals surface area contributed by atoms with Crippen LogP contribution in [0.15, 0.2) is 35.2 Å². The lowest BCUT2D eigenvalue weighted by molar-refractivity contribution is -0.119. The zero-order valence-corrected chi connectivity index (χ0v) is 16.0. The van der Waals surface area contributed by atoms with Crippen molar-refractivity contribution in [3.63, 3.8) is 0 Å². The first kappa shape index (κ1) is 17.1. The van der Waals surface area contributed by atoms with E-state index in [9.17, 15) is 13.2 Å². The van der Waals surface area contributed by atoms with Crippen LogP contribution in [0.3, 0.4) is 0 Å². The number of carbonyl (C=O) groups is 1. The molecule has 2 aliphatic rings. The molecule has 0 aromatic heterocycles. The Morgan fingerprint density at radius 3 is 2.54 bits per heavy atom. The largest absolute Gasteiger partial charge is 0.311 e. The number of para-hydroxylation sites is 1. The van der Waals surface area contributed by atoms with Crippen molar-refractivity contribution in [2.24, 2.45) is 0 Å². The van der Waals surface area contributed by atoms with Crippen LogP contribution in [0.2, 0.25) is 0 Å². The number of aryl methyl sites for hydroxylation is 3. The predicted octanol–water partition coefficient (Wildman–Crippen LogP) is 3.50. The average Bonchev–Trinajstić information content (AvgIpc) is 2.85. The summed E-state index contributed by atoms with van der Waals surface area (Å²) in [6.07, 6.45) is 1.66. The maximum atomic E-state index is 13.1. The molecule has 0 fully saturated rings. The van der Waals surface area contributed by atoms with E-state index in [4.69, 9.17) is 0 Å². The van der Waals surface area contributed by atoms with Crippen LogP contribution >= 0.6 is 0 Å². The van der Waals surface area contributed by atoms with Gasteiger partial charge in [0, 0.05) is 6.54 Å². The van der Waals surface area contributed by atoms with Crippen LogP contribution < -0.4 is 9.62 Å². The van der Waals surface area contributed by atoms with E-state index in [0.29, 0.717) is 5.69 Å². The number of anilines is 2. The number of hydrogen-bond donors (Lipinski definition) is 1. The second kappa shape index (κ2) is 5.84. The number of rotatable bonds is 3. The van der Waals surface area contributed by atoms with Gasteiger partial charge in [-0.1, -0.05) is 18.2 Å². The van der Waals surface area contributed by atoms with E-state index < -0.39 is 10.0 Å². The molecule has 0 bridgehead atoms. The van der Waals surface area contributed by atoms with E-state index in [2.05, 4.69) is 4.72 Å². The molecule has 0 radical (unpaired) electrons. The highest BCUT2D eigenvalue weighted by Gasteiger charge is 2.38. The summed E-state index contributed by atoms with van der Waals surface area (Å²) in [5.74, 6) is -0.226. The second-order valence-electron chi connectivity index (χ2n) is 7.21. The maximum absolute atomic E-state index is 13.1. The average molecular weight is 370 g/mol. The fourth-order valence-corrected chi connectivity index (χ4v) is 5.28. The Morgan fingerprint density at radius 1 is 1.15 bits per heavy atom. The molecule has 1 amide bonds. The van der Waals surface area contributed by atoms with Crippen LogP contribution in [0.4, 0.5) is 11.4 Å². The minimum absolute atomic E-state index is 0.0678. The lowest BCUT2D eigenvalue weighted by Gasteiger charge is -2.26. The molecule has 0 aliphatic carbocycles. The normalized spacial score (nSPS) is 18.8. The first-order valence-corrected chi connectivity index (χ1v) is 10.3. The van der Waals surface area contributed by atoms with E-state index >= 15 is 0 Å². The van der Waals surface area contributed by atoms with Crippen molar-refractivity contribution in [2.45, 2.75) is 44.4 Å². The summed E-state index contributed by atoms with van der Waals surface area (Å²) in [7, 11) is -3.73. The van der Waals surface area contributed by atoms with Gasteiger partial charge in [0.2, 0.25) is 5.91 Å². The molecule has 6 heteroatoms. The monoisotopic (exact) mass is 370 g/mol. The van der Waals surface area contributed by atoms with Gasteiger partial charge in [-0.3, -0.25) is 9.52 Å². The first-order chi connectivity index (χ1) is 12.3. The Balaban J connectivity index is 1.81. The molecule has 2 aliphatic heterocycles. The Labute approximate surface area is 154 Å². The highest BCUT2D eigenvalue weighted by Crippen LogP contribution is 2.44. The Morgan fingerprint density at radius 2 is 1.85 bits per heavy atom. The molecule has 0 unspecified atom stereocenters. The molecule has 1 atom stereocenters. The van der Waals surface area contributed by atoms with Gasteiger partial charge in [-0.15, -0.1) is 0 Å². The highest BCUT2D eigenvalue weighted by atomic mass is 32.2. The molecule has 136 valence electrons. The third-order valence-corrected chi connectivity index (χ3v) is 6.75. The van der Waals surface area contributed by atoms with Crippen molar-refractivity contribution >= 4 is 27.3 Å². The van der Waals surface area contributed by atoms with Crippen LogP contribution in [0, 0.1) is 13.8 Å². The van der Waals surface area contributed by atoms with Crippen LogP contribution in [0.25, 0.3) is 0 Å². The maximum Gasteiger partial charge on any atom is 0.261 e. The van der Waals surface area contributed by atoms with Gasteiger partial charge < -0.3 is 4.90 Å². The summed E-state index contributed by atoms with van der Waals surface area (Å²) in [5.41, 5.74) is 5.09. The molecular weight excluding hydrogens is 348 g/mol. The van der Waals surface area contributed by atoms with E-state index in [0.717, 1.165) is 47.3 Å². The molecule has 26 heavy (non-hydrogen) atoms. The van der Waals surface area contributed by atoms with Gasteiger partial charge in [0.25, 0.3) is 10.0 Å². The standard InChI is InChI=1S/C20H22N2O3S/c1-12-6-4-7-13(2)18(12)21-26(24,25)16-10-15-8-5-9-22-19(15)17(11-16)14(3)20(22)23/h4,6-7,10-11,14,21H,5,8-9H2,1-3H3/t14-/m0/s1. The molecule has 2 aromatic carbocycles. The predicted molar refractivity (Wildman–Crippen MR) is 102 cm³/mol. The van der Waals surface area contributed by atoms with E-state index in [1.165, 1.54) is 0 Å². The van der Waals surface area contributed by atoms with Crippen LogP contribution in [0.1, 0.15) is 41.5 Å². The number of amides is 1. The Bertz CT molecular complexity index is 1010. The van der Waals surface area contributed by atoms with E-state index in [1.54, 1.807) is 12.1 Å². The highest BCUT2D eigenvalue weighted by molar-refractivity contribution is 7.92. The number of nitrogens with one attached hydrogen (secondary N) is 1. The van der Waals surface area contributed by atoms with Gasteiger partial charge in [-0.25, -0.2) is 8.42 Å². The molecule has 0 saturated heterocycles. The summed E-state index contributed by atoms with van der Waals surface area (Å²) in [6.45, 7) is 6.34. The topological polar surface area (TPSA) is 66.5 Å².